The number of anilines is 1. The van der Waals surface area contributed by atoms with Gasteiger partial charge in [0.2, 0.25) is 0 Å². The Kier molecular flexibility index (Phi) is 6.05. The Hall–Kier alpha value is -2.38. The fourth-order valence-electron chi connectivity index (χ4n) is 3.30. The summed E-state index contributed by atoms with van der Waals surface area (Å²) in [5, 5.41) is 0. The molecule has 1 amide bonds. The maximum Gasteiger partial charge on any atom is 0.262 e. The molecule has 0 bridgehead atoms. The summed E-state index contributed by atoms with van der Waals surface area (Å²) in [4.78, 5) is 17.1. The van der Waals surface area contributed by atoms with E-state index in [4.69, 9.17) is 0 Å². The summed E-state index contributed by atoms with van der Waals surface area (Å²) in [6.45, 7) is 9.75. The van der Waals surface area contributed by atoms with Gasteiger partial charge in [-0.2, -0.15) is 0 Å². The van der Waals surface area contributed by atoms with Crippen LogP contribution in [0, 0.1) is 13.8 Å². The van der Waals surface area contributed by atoms with E-state index < -0.39 is 10.0 Å². The van der Waals surface area contributed by atoms with Crippen LogP contribution in [0.25, 0.3) is 0 Å². The lowest BCUT2D eigenvalue weighted by molar-refractivity contribution is 0.0643. The van der Waals surface area contributed by atoms with Crippen molar-refractivity contribution in [3.05, 3.63) is 59.2 Å². The standard InChI is InChI=1S/C21H27N3O3S/c1-4-23-11-13-24(14-12-23)21(25)18-8-7-17(3)20(15-18)28(26,27)22-19-9-5-16(2)6-10-19/h5-10,15,22H,4,11-14H2,1-3H3. The minimum absolute atomic E-state index is 0.123. The fourth-order valence-corrected chi connectivity index (χ4v) is 4.63. The number of likely N-dealkylation sites (N-methyl/N-ethyl adjacent to an activating group) is 1. The SMILES string of the molecule is CCN1CCN(C(=O)c2ccc(C)c(S(=O)(=O)Nc3ccc(C)cc3)c2)CC1. The Morgan fingerprint density at radius 1 is 1.00 bits per heavy atom. The molecule has 1 saturated heterocycles. The Balaban J connectivity index is 1.82. The summed E-state index contributed by atoms with van der Waals surface area (Å²) < 4.78 is 28.4. The van der Waals surface area contributed by atoms with Gasteiger partial charge in [0.25, 0.3) is 15.9 Å². The number of piperazine rings is 1. The Morgan fingerprint density at radius 2 is 1.64 bits per heavy atom. The molecule has 1 aliphatic heterocycles. The van der Waals surface area contributed by atoms with E-state index in [1.807, 2.05) is 19.1 Å². The van der Waals surface area contributed by atoms with Gasteiger partial charge in [-0.05, 0) is 50.2 Å². The lowest BCUT2D eigenvalue weighted by Gasteiger charge is -2.34. The second-order valence-corrected chi connectivity index (χ2v) is 8.83. The third-order valence-electron chi connectivity index (χ3n) is 5.14. The zero-order valence-corrected chi connectivity index (χ0v) is 17.4. The van der Waals surface area contributed by atoms with E-state index in [0.717, 1.165) is 25.2 Å². The number of carbonyl (C=O) groups excluding carboxylic acids is 1. The van der Waals surface area contributed by atoms with Gasteiger partial charge >= 0.3 is 0 Å². The van der Waals surface area contributed by atoms with Crippen LogP contribution in [0.3, 0.4) is 0 Å². The number of hydrogen-bond donors (Lipinski definition) is 1. The molecule has 0 saturated carbocycles. The molecule has 28 heavy (non-hydrogen) atoms. The Morgan fingerprint density at radius 3 is 2.25 bits per heavy atom. The molecule has 7 heteroatoms. The molecule has 150 valence electrons. The number of amides is 1. The molecule has 0 spiro atoms. The first-order chi connectivity index (χ1) is 13.3. The second kappa shape index (κ2) is 8.32. The Bertz CT molecular complexity index is 947. The molecule has 0 atom stereocenters. The lowest BCUT2D eigenvalue weighted by atomic mass is 10.1. The van der Waals surface area contributed by atoms with Crippen molar-refractivity contribution in [2.75, 3.05) is 37.4 Å². The van der Waals surface area contributed by atoms with E-state index in [0.29, 0.717) is 29.9 Å². The van der Waals surface area contributed by atoms with E-state index in [1.54, 1.807) is 36.1 Å². The molecule has 0 radical (unpaired) electrons. The predicted molar refractivity (Wildman–Crippen MR) is 111 cm³/mol. The van der Waals surface area contributed by atoms with Gasteiger partial charge in [-0.25, -0.2) is 8.42 Å². The summed E-state index contributed by atoms with van der Waals surface area (Å²) >= 11 is 0. The third kappa shape index (κ3) is 4.54. The van der Waals surface area contributed by atoms with Crippen LogP contribution in [-0.4, -0.2) is 56.8 Å². The van der Waals surface area contributed by atoms with Crippen molar-refractivity contribution in [1.29, 1.82) is 0 Å². The first-order valence-electron chi connectivity index (χ1n) is 9.52. The minimum Gasteiger partial charge on any atom is -0.336 e. The number of sulfonamides is 1. The highest BCUT2D eigenvalue weighted by atomic mass is 32.2. The number of benzene rings is 2. The molecule has 1 fully saturated rings. The summed E-state index contributed by atoms with van der Waals surface area (Å²) in [5.74, 6) is -0.123. The van der Waals surface area contributed by atoms with Gasteiger partial charge in [0.05, 0.1) is 4.90 Å². The van der Waals surface area contributed by atoms with Crippen molar-refractivity contribution in [2.45, 2.75) is 25.7 Å². The number of aryl methyl sites for hydroxylation is 2. The van der Waals surface area contributed by atoms with Crippen LogP contribution < -0.4 is 4.72 Å². The van der Waals surface area contributed by atoms with Crippen molar-refractivity contribution in [2.24, 2.45) is 0 Å². The zero-order valence-electron chi connectivity index (χ0n) is 16.6. The summed E-state index contributed by atoms with van der Waals surface area (Å²) in [6, 6.07) is 12.0. The molecular formula is C21H27N3O3S. The number of nitrogens with one attached hydrogen (secondary N) is 1. The van der Waals surface area contributed by atoms with E-state index in [2.05, 4.69) is 16.5 Å². The number of rotatable bonds is 5. The molecule has 1 aliphatic rings. The third-order valence-corrected chi connectivity index (χ3v) is 6.66. The molecule has 6 nitrogen and oxygen atoms in total. The van der Waals surface area contributed by atoms with Crippen LogP contribution in [0.1, 0.15) is 28.4 Å². The smallest absolute Gasteiger partial charge is 0.262 e. The fraction of sp³-hybridized carbons (Fsp3) is 0.381. The maximum absolute atomic E-state index is 12.9. The molecule has 0 aliphatic carbocycles. The van der Waals surface area contributed by atoms with Crippen molar-refractivity contribution in [3.63, 3.8) is 0 Å². The normalized spacial score (nSPS) is 15.5. The van der Waals surface area contributed by atoms with Gasteiger partial charge in [0.15, 0.2) is 0 Å². The highest BCUT2D eigenvalue weighted by Gasteiger charge is 2.24. The van der Waals surface area contributed by atoms with E-state index in [9.17, 15) is 13.2 Å². The molecule has 0 unspecified atom stereocenters. The topological polar surface area (TPSA) is 69.7 Å². The number of nitrogens with zero attached hydrogens (tertiary/aromatic N) is 2. The van der Waals surface area contributed by atoms with Gasteiger partial charge < -0.3 is 9.80 Å². The van der Waals surface area contributed by atoms with Crippen LogP contribution in [0.5, 0.6) is 0 Å². The first kappa shape index (κ1) is 20.4. The van der Waals surface area contributed by atoms with Crippen LogP contribution in [0.4, 0.5) is 5.69 Å². The monoisotopic (exact) mass is 401 g/mol. The predicted octanol–water partition coefficient (Wildman–Crippen LogP) is 2.88. The van der Waals surface area contributed by atoms with Crippen LogP contribution in [-0.2, 0) is 10.0 Å². The Labute approximate surface area is 167 Å². The molecule has 2 aromatic rings. The second-order valence-electron chi connectivity index (χ2n) is 7.18. The van der Waals surface area contributed by atoms with Gasteiger partial charge in [0.1, 0.15) is 0 Å². The minimum atomic E-state index is -3.79. The zero-order chi connectivity index (χ0) is 20.3. The average molecular weight is 402 g/mol. The molecule has 2 aromatic carbocycles. The molecular weight excluding hydrogens is 374 g/mol. The van der Waals surface area contributed by atoms with Crippen molar-refractivity contribution in [3.8, 4) is 0 Å². The molecule has 3 rings (SSSR count). The summed E-state index contributed by atoms with van der Waals surface area (Å²) in [5.41, 5.74) is 2.55. The highest BCUT2D eigenvalue weighted by Crippen LogP contribution is 2.22. The largest absolute Gasteiger partial charge is 0.336 e. The van der Waals surface area contributed by atoms with Crippen molar-refractivity contribution >= 4 is 21.6 Å². The number of hydrogen-bond acceptors (Lipinski definition) is 4. The van der Waals surface area contributed by atoms with E-state index >= 15 is 0 Å². The quantitative estimate of drug-likeness (QED) is 0.836. The average Bonchev–Trinajstić information content (AvgIpc) is 2.69. The number of carbonyl (C=O) groups is 1. The highest BCUT2D eigenvalue weighted by molar-refractivity contribution is 7.92. The molecule has 0 aromatic heterocycles. The molecule has 1 N–H and O–H groups in total. The van der Waals surface area contributed by atoms with Gasteiger partial charge in [-0.1, -0.05) is 30.7 Å². The van der Waals surface area contributed by atoms with E-state index in [1.165, 1.54) is 6.07 Å². The van der Waals surface area contributed by atoms with Crippen molar-refractivity contribution in [1.82, 2.24) is 9.80 Å². The van der Waals surface area contributed by atoms with Gasteiger partial charge in [-0.3, -0.25) is 9.52 Å². The summed E-state index contributed by atoms with van der Waals surface area (Å²) in [7, 11) is -3.79. The lowest BCUT2D eigenvalue weighted by Crippen LogP contribution is -2.48. The van der Waals surface area contributed by atoms with Gasteiger partial charge in [0, 0.05) is 37.4 Å². The molecule has 1 heterocycles. The van der Waals surface area contributed by atoms with Crippen molar-refractivity contribution < 1.29 is 13.2 Å². The van der Waals surface area contributed by atoms with Crippen LogP contribution in [0.15, 0.2) is 47.4 Å². The van der Waals surface area contributed by atoms with E-state index in [-0.39, 0.29) is 10.8 Å². The first-order valence-corrected chi connectivity index (χ1v) is 11.0. The van der Waals surface area contributed by atoms with Crippen LogP contribution in [0.2, 0.25) is 0 Å². The summed E-state index contributed by atoms with van der Waals surface area (Å²) in [6.07, 6.45) is 0. The maximum atomic E-state index is 12.9. The van der Waals surface area contributed by atoms with Crippen LogP contribution >= 0.6 is 0 Å². The van der Waals surface area contributed by atoms with Gasteiger partial charge in [-0.15, -0.1) is 0 Å².